The molecule has 0 aliphatic carbocycles. The predicted octanol–water partition coefficient (Wildman–Crippen LogP) is 0.233. The van der Waals surface area contributed by atoms with Crippen LogP contribution in [0.4, 0.5) is 5.82 Å². The van der Waals surface area contributed by atoms with Gasteiger partial charge in [-0.15, -0.1) is 0 Å². The van der Waals surface area contributed by atoms with E-state index in [1.807, 2.05) is 6.07 Å². The second kappa shape index (κ2) is 6.36. The molecule has 2 fully saturated rings. The van der Waals surface area contributed by atoms with Crippen LogP contribution in [0.3, 0.4) is 0 Å². The molecule has 2 aliphatic rings. The van der Waals surface area contributed by atoms with Crippen LogP contribution in [-0.4, -0.2) is 66.8 Å². The van der Waals surface area contributed by atoms with Crippen molar-refractivity contribution in [1.82, 2.24) is 14.9 Å². The van der Waals surface area contributed by atoms with Gasteiger partial charge < -0.3 is 19.3 Å². The molecule has 2 saturated heterocycles. The van der Waals surface area contributed by atoms with Crippen molar-refractivity contribution in [2.75, 3.05) is 51.0 Å². The van der Waals surface area contributed by atoms with Crippen molar-refractivity contribution in [3.05, 3.63) is 18.1 Å². The Hall–Kier alpha value is -1.73. The zero-order valence-electron chi connectivity index (χ0n) is 12.2. The minimum atomic E-state index is -0.197. The molecule has 0 aromatic carbocycles. The van der Waals surface area contributed by atoms with Crippen LogP contribution in [0, 0.1) is 0 Å². The fraction of sp³-hybridized carbons (Fsp3) is 0.643. The number of hydrogen-bond acceptors (Lipinski definition) is 6. The van der Waals surface area contributed by atoms with Gasteiger partial charge in [0.05, 0.1) is 26.4 Å². The third-order valence-corrected chi connectivity index (χ3v) is 3.83. The lowest BCUT2D eigenvalue weighted by Gasteiger charge is -2.34. The Kier molecular flexibility index (Phi) is 4.31. The maximum atomic E-state index is 11.8. The standard InChI is InChI=1S/C14H20N4O3/c1-11(19)18-6-9-21-10-12(18)14-15-3-2-13(16-14)17-4-7-20-8-5-17/h2-3,12H,4-10H2,1H3/t12-/m0/s1. The zero-order chi connectivity index (χ0) is 14.7. The Bertz CT molecular complexity index is 505. The molecule has 7 heteroatoms. The Labute approximate surface area is 123 Å². The van der Waals surface area contributed by atoms with E-state index in [0.717, 1.165) is 18.9 Å². The Morgan fingerprint density at radius 1 is 1.24 bits per heavy atom. The predicted molar refractivity (Wildman–Crippen MR) is 76.0 cm³/mol. The van der Waals surface area contributed by atoms with Gasteiger partial charge >= 0.3 is 0 Å². The number of aromatic nitrogens is 2. The monoisotopic (exact) mass is 292 g/mol. The fourth-order valence-electron chi connectivity index (χ4n) is 2.69. The molecule has 3 rings (SSSR count). The molecule has 0 radical (unpaired) electrons. The molecular weight excluding hydrogens is 272 g/mol. The second-order valence-electron chi connectivity index (χ2n) is 5.18. The van der Waals surface area contributed by atoms with E-state index in [-0.39, 0.29) is 11.9 Å². The highest BCUT2D eigenvalue weighted by atomic mass is 16.5. The van der Waals surface area contributed by atoms with Gasteiger partial charge in [-0.05, 0) is 6.07 Å². The van der Waals surface area contributed by atoms with Gasteiger partial charge in [-0.2, -0.15) is 0 Å². The first-order chi connectivity index (χ1) is 10.3. The molecule has 0 N–H and O–H groups in total. The summed E-state index contributed by atoms with van der Waals surface area (Å²) in [6, 6.07) is 1.70. The second-order valence-corrected chi connectivity index (χ2v) is 5.18. The zero-order valence-corrected chi connectivity index (χ0v) is 12.2. The number of carbonyl (C=O) groups excluding carboxylic acids is 1. The van der Waals surface area contributed by atoms with E-state index in [4.69, 9.17) is 9.47 Å². The largest absolute Gasteiger partial charge is 0.378 e. The minimum absolute atomic E-state index is 0.0312. The van der Waals surface area contributed by atoms with Gasteiger partial charge in [0.2, 0.25) is 5.91 Å². The normalized spacial score (nSPS) is 23.2. The van der Waals surface area contributed by atoms with Crippen molar-refractivity contribution in [2.45, 2.75) is 13.0 Å². The summed E-state index contributed by atoms with van der Waals surface area (Å²) in [6.45, 7) is 6.26. The molecule has 21 heavy (non-hydrogen) atoms. The Balaban J connectivity index is 1.82. The topological polar surface area (TPSA) is 67.8 Å². The van der Waals surface area contributed by atoms with Gasteiger partial charge in [-0.1, -0.05) is 0 Å². The number of nitrogens with zero attached hydrogens (tertiary/aromatic N) is 4. The van der Waals surface area contributed by atoms with E-state index in [9.17, 15) is 4.79 Å². The SMILES string of the molecule is CC(=O)N1CCOC[C@H]1c1nccc(N2CCOCC2)n1. The number of ether oxygens (including phenoxy) is 2. The highest BCUT2D eigenvalue weighted by Crippen LogP contribution is 2.23. The van der Waals surface area contributed by atoms with E-state index < -0.39 is 0 Å². The smallest absolute Gasteiger partial charge is 0.220 e. The quantitative estimate of drug-likeness (QED) is 0.777. The fourth-order valence-corrected chi connectivity index (χ4v) is 2.69. The molecule has 1 atom stereocenters. The molecule has 7 nitrogen and oxygen atoms in total. The number of amides is 1. The molecule has 2 aliphatic heterocycles. The Morgan fingerprint density at radius 3 is 2.76 bits per heavy atom. The highest BCUT2D eigenvalue weighted by Gasteiger charge is 2.29. The number of anilines is 1. The third kappa shape index (κ3) is 3.14. The number of carbonyl (C=O) groups is 1. The maximum absolute atomic E-state index is 11.8. The van der Waals surface area contributed by atoms with Crippen molar-refractivity contribution in [2.24, 2.45) is 0 Å². The summed E-state index contributed by atoms with van der Waals surface area (Å²) in [4.78, 5) is 24.7. The molecule has 0 unspecified atom stereocenters. The molecule has 114 valence electrons. The first-order valence-electron chi connectivity index (χ1n) is 7.26. The van der Waals surface area contributed by atoms with Crippen LogP contribution in [0.2, 0.25) is 0 Å². The van der Waals surface area contributed by atoms with Gasteiger partial charge in [0.1, 0.15) is 11.9 Å². The molecule has 1 amide bonds. The summed E-state index contributed by atoms with van der Waals surface area (Å²) >= 11 is 0. The van der Waals surface area contributed by atoms with Crippen molar-refractivity contribution in [3.63, 3.8) is 0 Å². The van der Waals surface area contributed by atoms with E-state index in [0.29, 0.717) is 38.8 Å². The van der Waals surface area contributed by atoms with Crippen LogP contribution < -0.4 is 4.90 Å². The highest BCUT2D eigenvalue weighted by molar-refractivity contribution is 5.73. The molecule has 0 spiro atoms. The van der Waals surface area contributed by atoms with Crippen LogP contribution in [-0.2, 0) is 14.3 Å². The summed E-state index contributed by atoms with van der Waals surface area (Å²) < 4.78 is 10.9. The first kappa shape index (κ1) is 14.2. The lowest BCUT2D eigenvalue weighted by molar-refractivity contribution is -0.138. The van der Waals surface area contributed by atoms with Gasteiger partial charge in [0.25, 0.3) is 0 Å². The van der Waals surface area contributed by atoms with E-state index in [2.05, 4.69) is 14.9 Å². The third-order valence-electron chi connectivity index (χ3n) is 3.83. The van der Waals surface area contributed by atoms with Crippen LogP contribution in [0.25, 0.3) is 0 Å². The molecule has 0 bridgehead atoms. The molecule has 3 heterocycles. The van der Waals surface area contributed by atoms with Crippen LogP contribution in [0.1, 0.15) is 18.8 Å². The summed E-state index contributed by atoms with van der Waals surface area (Å²) in [5.74, 6) is 1.56. The van der Waals surface area contributed by atoms with Gasteiger partial charge in [-0.25, -0.2) is 9.97 Å². The average Bonchev–Trinajstić information content (AvgIpc) is 2.56. The molecule has 1 aromatic heterocycles. The maximum Gasteiger partial charge on any atom is 0.220 e. The van der Waals surface area contributed by atoms with Crippen molar-refractivity contribution >= 4 is 11.7 Å². The van der Waals surface area contributed by atoms with Crippen LogP contribution in [0.5, 0.6) is 0 Å². The molecule has 0 saturated carbocycles. The lowest BCUT2D eigenvalue weighted by Crippen LogP contribution is -2.43. The average molecular weight is 292 g/mol. The Morgan fingerprint density at radius 2 is 2.00 bits per heavy atom. The number of rotatable bonds is 2. The molecular formula is C14H20N4O3. The van der Waals surface area contributed by atoms with E-state index in [1.54, 1.807) is 18.0 Å². The summed E-state index contributed by atoms with van der Waals surface area (Å²) in [7, 11) is 0. The van der Waals surface area contributed by atoms with Crippen LogP contribution in [0.15, 0.2) is 12.3 Å². The van der Waals surface area contributed by atoms with Gasteiger partial charge in [0.15, 0.2) is 5.82 Å². The van der Waals surface area contributed by atoms with Crippen LogP contribution >= 0.6 is 0 Å². The van der Waals surface area contributed by atoms with Gasteiger partial charge in [-0.3, -0.25) is 4.79 Å². The summed E-state index contributed by atoms with van der Waals surface area (Å²) in [5, 5.41) is 0. The minimum Gasteiger partial charge on any atom is -0.378 e. The number of hydrogen-bond donors (Lipinski definition) is 0. The number of morpholine rings is 2. The van der Waals surface area contributed by atoms with Crippen molar-refractivity contribution < 1.29 is 14.3 Å². The van der Waals surface area contributed by atoms with E-state index in [1.165, 1.54) is 0 Å². The lowest BCUT2D eigenvalue weighted by atomic mass is 10.2. The summed E-state index contributed by atoms with van der Waals surface area (Å²) in [5.41, 5.74) is 0. The van der Waals surface area contributed by atoms with Crippen molar-refractivity contribution in [3.8, 4) is 0 Å². The van der Waals surface area contributed by atoms with Crippen molar-refractivity contribution in [1.29, 1.82) is 0 Å². The molecule has 1 aromatic rings. The van der Waals surface area contributed by atoms with E-state index >= 15 is 0 Å². The first-order valence-corrected chi connectivity index (χ1v) is 7.26. The summed E-state index contributed by atoms with van der Waals surface area (Å²) in [6.07, 6.45) is 1.75. The van der Waals surface area contributed by atoms with Gasteiger partial charge in [0, 0.05) is 32.8 Å².